The summed E-state index contributed by atoms with van der Waals surface area (Å²) in [4.78, 5) is 21.0. The van der Waals surface area contributed by atoms with E-state index in [0.717, 1.165) is 11.1 Å². The number of aromatic nitrogens is 3. The molecule has 0 aliphatic heterocycles. The first kappa shape index (κ1) is 14.8. The Morgan fingerprint density at radius 3 is 2.75 bits per heavy atom. The Kier molecular flexibility index (Phi) is 4.28. The van der Waals surface area contributed by atoms with Gasteiger partial charge in [-0.2, -0.15) is 0 Å². The number of nitrogens with zero attached hydrogens (tertiary/aromatic N) is 3. The average molecular weight is 296 g/mol. The van der Waals surface area contributed by atoms with Crippen LogP contribution in [-0.4, -0.2) is 27.6 Å². The molecule has 0 saturated carbocycles. The topological polar surface area (TPSA) is 57.0 Å². The highest BCUT2D eigenvalue weighted by atomic mass is 35.5. The maximum Gasteiger partial charge on any atom is 0.329 e. The van der Waals surface area contributed by atoms with E-state index in [1.807, 2.05) is 26.8 Å². The lowest BCUT2D eigenvalue weighted by Gasteiger charge is -2.21. The zero-order chi connectivity index (χ0) is 14.9. The van der Waals surface area contributed by atoms with E-state index in [9.17, 15) is 4.79 Å². The van der Waals surface area contributed by atoms with Gasteiger partial charge in [0.2, 0.25) is 0 Å². The minimum atomic E-state index is -0.478. The van der Waals surface area contributed by atoms with Crippen LogP contribution >= 0.6 is 11.6 Å². The van der Waals surface area contributed by atoms with Crippen molar-refractivity contribution >= 4 is 28.7 Å². The van der Waals surface area contributed by atoms with E-state index in [-0.39, 0.29) is 17.8 Å². The molecule has 0 amide bonds. The van der Waals surface area contributed by atoms with Crippen LogP contribution in [0.2, 0.25) is 0 Å². The number of alkyl halides is 1. The van der Waals surface area contributed by atoms with Gasteiger partial charge in [0.05, 0.1) is 13.0 Å². The van der Waals surface area contributed by atoms with Gasteiger partial charge in [-0.1, -0.05) is 13.8 Å². The van der Waals surface area contributed by atoms with Gasteiger partial charge in [-0.25, -0.2) is 14.8 Å². The largest absolute Gasteiger partial charge is 0.467 e. The van der Waals surface area contributed by atoms with Gasteiger partial charge in [-0.3, -0.25) is 4.57 Å². The molecule has 0 spiro atoms. The van der Waals surface area contributed by atoms with Crippen LogP contribution in [0.25, 0.3) is 11.2 Å². The first-order chi connectivity index (χ1) is 9.49. The van der Waals surface area contributed by atoms with Crippen LogP contribution in [0.15, 0.2) is 12.3 Å². The summed E-state index contributed by atoms with van der Waals surface area (Å²) < 4.78 is 6.70. The molecular weight excluding hydrogens is 278 g/mol. The van der Waals surface area contributed by atoms with E-state index in [1.54, 1.807) is 10.8 Å². The normalized spacial score (nSPS) is 12.9. The summed E-state index contributed by atoms with van der Waals surface area (Å²) in [5.74, 6) is 0.581. The summed E-state index contributed by atoms with van der Waals surface area (Å²) in [5.41, 5.74) is 2.42. The SMILES string of the molecule is COC(=O)C(C(C)C)n1c(CCl)nc2cc(C)cnc21. The Morgan fingerprint density at radius 2 is 2.20 bits per heavy atom. The maximum atomic E-state index is 12.1. The molecule has 0 aliphatic carbocycles. The molecule has 0 aromatic carbocycles. The Bertz CT molecular complexity index is 637. The lowest BCUT2D eigenvalue weighted by molar-refractivity contribution is -0.146. The number of ether oxygens (including phenoxy) is 1. The predicted molar refractivity (Wildman–Crippen MR) is 77.7 cm³/mol. The highest BCUT2D eigenvalue weighted by Gasteiger charge is 2.29. The fraction of sp³-hybridized carbons (Fsp3) is 0.500. The van der Waals surface area contributed by atoms with E-state index in [2.05, 4.69) is 9.97 Å². The number of hydrogen-bond donors (Lipinski definition) is 0. The molecule has 0 fully saturated rings. The fourth-order valence-electron chi connectivity index (χ4n) is 2.31. The van der Waals surface area contributed by atoms with Gasteiger partial charge >= 0.3 is 5.97 Å². The maximum absolute atomic E-state index is 12.1. The minimum Gasteiger partial charge on any atom is -0.467 e. The zero-order valence-electron chi connectivity index (χ0n) is 12.1. The number of carbonyl (C=O) groups excluding carboxylic acids is 1. The summed E-state index contributed by atoms with van der Waals surface area (Å²) in [6, 6.07) is 1.46. The van der Waals surface area contributed by atoms with Gasteiger partial charge < -0.3 is 4.74 Å². The van der Waals surface area contributed by atoms with Crippen molar-refractivity contribution in [3.63, 3.8) is 0 Å². The van der Waals surface area contributed by atoms with Crippen LogP contribution in [0.1, 0.15) is 31.3 Å². The molecule has 1 atom stereocenters. The van der Waals surface area contributed by atoms with Crippen LogP contribution in [0.5, 0.6) is 0 Å². The molecule has 1 unspecified atom stereocenters. The van der Waals surface area contributed by atoms with Crippen LogP contribution < -0.4 is 0 Å². The number of imidazole rings is 1. The van der Waals surface area contributed by atoms with E-state index < -0.39 is 6.04 Å². The highest BCUT2D eigenvalue weighted by molar-refractivity contribution is 6.16. The third-order valence-electron chi connectivity index (χ3n) is 3.21. The Labute approximate surface area is 122 Å². The fourth-order valence-corrected chi connectivity index (χ4v) is 2.50. The van der Waals surface area contributed by atoms with Crippen molar-refractivity contribution < 1.29 is 9.53 Å². The zero-order valence-corrected chi connectivity index (χ0v) is 12.8. The Morgan fingerprint density at radius 1 is 1.50 bits per heavy atom. The molecule has 108 valence electrons. The molecule has 0 bridgehead atoms. The van der Waals surface area contributed by atoms with Gasteiger partial charge in [0.25, 0.3) is 0 Å². The molecular formula is C14H18ClN3O2. The number of halogens is 1. The Balaban J connectivity index is 2.69. The summed E-state index contributed by atoms with van der Waals surface area (Å²) >= 11 is 5.98. The van der Waals surface area contributed by atoms with E-state index in [4.69, 9.17) is 16.3 Å². The standard InChI is InChI=1S/C14H18ClN3O2/c1-8(2)12(14(19)20-4)18-11(6-15)17-10-5-9(3)7-16-13(10)18/h5,7-8,12H,6H2,1-4H3. The number of hydrogen-bond acceptors (Lipinski definition) is 4. The monoisotopic (exact) mass is 295 g/mol. The number of aryl methyl sites for hydroxylation is 1. The average Bonchev–Trinajstić information content (AvgIpc) is 2.76. The van der Waals surface area contributed by atoms with Crippen molar-refractivity contribution in [2.45, 2.75) is 32.7 Å². The van der Waals surface area contributed by atoms with Crippen molar-refractivity contribution in [1.82, 2.24) is 14.5 Å². The predicted octanol–water partition coefficient (Wildman–Crippen LogP) is 2.85. The van der Waals surface area contributed by atoms with Crippen LogP contribution in [0, 0.1) is 12.8 Å². The number of pyridine rings is 1. The molecule has 20 heavy (non-hydrogen) atoms. The van der Waals surface area contributed by atoms with Gasteiger partial charge in [0.15, 0.2) is 5.65 Å². The molecule has 0 N–H and O–H groups in total. The molecule has 2 aromatic rings. The van der Waals surface area contributed by atoms with Gasteiger partial charge in [0.1, 0.15) is 17.4 Å². The van der Waals surface area contributed by atoms with Crippen LogP contribution in [0.3, 0.4) is 0 Å². The second-order valence-corrected chi connectivity index (χ2v) is 5.37. The molecule has 0 saturated heterocycles. The van der Waals surface area contributed by atoms with E-state index >= 15 is 0 Å². The van der Waals surface area contributed by atoms with Crippen molar-refractivity contribution in [3.8, 4) is 0 Å². The van der Waals surface area contributed by atoms with Gasteiger partial charge in [-0.15, -0.1) is 11.6 Å². The van der Waals surface area contributed by atoms with E-state index in [0.29, 0.717) is 11.5 Å². The first-order valence-electron chi connectivity index (χ1n) is 6.46. The molecule has 0 aliphatic rings. The molecule has 2 aromatic heterocycles. The molecule has 2 rings (SSSR count). The second kappa shape index (κ2) is 5.79. The number of rotatable bonds is 4. The summed E-state index contributed by atoms with van der Waals surface area (Å²) in [6.07, 6.45) is 1.76. The second-order valence-electron chi connectivity index (χ2n) is 5.10. The lowest BCUT2D eigenvalue weighted by atomic mass is 10.0. The number of fused-ring (bicyclic) bond motifs is 1. The summed E-state index contributed by atoms with van der Waals surface area (Å²) in [6.45, 7) is 5.87. The number of esters is 1. The van der Waals surface area contributed by atoms with Gasteiger partial charge in [0, 0.05) is 6.20 Å². The molecule has 5 nitrogen and oxygen atoms in total. The first-order valence-corrected chi connectivity index (χ1v) is 7.00. The molecule has 0 radical (unpaired) electrons. The Hall–Kier alpha value is -1.62. The third kappa shape index (κ3) is 2.50. The lowest BCUT2D eigenvalue weighted by Crippen LogP contribution is -2.27. The van der Waals surface area contributed by atoms with Crippen molar-refractivity contribution in [2.75, 3.05) is 7.11 Å². The van der Waals surface area contributed by atoms with Crippen molar-refractivity contribution in [3.05, 3.63) is 23.7 Å². The van der Waals surface area contributed by atoms with Crippen molar-refractivity contribution in [2.24, 2.45) is 5.92 Å². The smallest absolute Gasteiger partial charge is 0.329 e. The van der Waals surface area contributed by atoms with Crippen LogP contribution in [-0.2, 0) is 15.4 Å². The number of methoxy groups -OCH3 is 1. The molecule has 2 heterocycles. The summed E-state index contributed by atoms with van der Waals surface area (Å²) in [5, 5.41) is 0. The van der Waals surface area contributed by atoms with Gasteiger partial charge in [-0.05, 0) is 24.5 Å². The quantitative estimate of drug-likeness (QED) is 0.643. The molecule has 6 heteroatoms. The summed E-state index contributed by atoms with van der Waals surface area (Å²) in [7, 11) is 1.38. The third-order valence-corrected chi connectivity index (χ3v) is 3.45. The number of carbonyl (C=O) groups is 1. The minimum absolute atomic E-state index is 0.0462. The van der Waals surface area contributed by atoms with Crippen LogP contribution in [0.4, 0.5) is 0 Å². The highest BCUT2D eigenvalue weighted by Crippen LogP contribution is 2.27. The van der Waals surface area contributed by atoms with E-state index in [1.165, 1.54) is 7.11 Å². The van der Waals surface area contributed by atoms with Crippen molar-refractivity contribution in [1.29, 1.82) is 0 Å².